The lowest BCUT2D eigenvalue weighted by Crippen LogP contribution is -2.29. The van der Waals surface area contributed by atoms with E-state index in [1.165, 1.54) is 77.0 Å². The van der Waals surface area contributed by atoms with Gasteiger partial charge in [-0.3, -0.25) is 14.1 Å². The number of carbonyl (C=O) groups excluding carboxylic acids is 2. The van der Waals surface area contributed by atoms with Crippen LogP contribution >= 0.6 is 7.82 Å². The zero-order valence-corrected chi connectivity index (χ0v) is 36.2. The van der Waals surface area contributed by atoms with Gasteiger partial charge in [-0.05, 0) is 50.9 Å². The molecule has 0 spiro atoms. The molecule has 0 heterocycles. The molecule has 56 heavy (non-hydrogen) atoms. The van der Waals surface area contributed by atoms with Crippen LogP contribution in [-0.2, 0) is 28.2 Å². The van der Waals surface area contributed by atoms with Crippen molar-refractivity contribution in [2.45, 2.75) is 187 Å². The average molecular weight is 807 g/mol. The fraction of sp³-hybridized carbons (Fsp3) is 0.696. The third-order valence-electron chi connectivity index (χ3n) is 9.01. The molecule has 2 atom stereocenters. The summed E-state index contributed by atoms with van der Waals surface area (Å²) in [4.78, 5) is 42.9. The number of aliphatic hydroxyl groups is 1. The summed E-state index contributed by atoms with van der Waals surface area (Å²) in [5.41, 5.74) is 0. The molecule has 0 saturated heterocycles. The second-order valence-corrected chi connectivity index (χ2v) is 16.2. The van der Waals surface area contributed by atoms with Crippen molar-refractivity contribution in [1.82, 2.24) is 0 Å². The van der Waals surface area contributed by atoms with E-state index in [9.17, 15) is 19.3 Å². The summed E-state index contributed by atoms with van der Waals surface area (Å²) in [6.45, 7) is 5.79. The van der Waals surface area contributed by atoms with Crippen LogP contribution in [0.4, 0.5) is 0 Å². The summed E-state index contributed by atoms with van der Waals surface area (Å²) in [7, 11) is -4.79. The smallest absolute Gasteiger partial charge is 0.462 e. The lowest BCUT2D eigenvalue weighted by Gasteiger charge is -2.18. The topological polar surface area (TPSA) is 140 Å². The van der Waals surface area contributed by atoms with Crippen LogP contribution in [0.5, 0.6) is 0 Å². The third kappa shape index (κ3) is 42.6. The van der Waals surface area contributed by atoms with Gasteiger partial charge in [0.25, 0.3) is 0 Å². The van der Waals surface area contributed by atoms with E-state index in [4.69, 9.17) is 19.3 Å². The number of phosphoric ester groups is 1. The average Bonchev–Trinajstić information content (AvgIpc) is 3.15. The molecule has 0 radical (unpaired) electrons. The highest BCUT2D eigenvalue weighted by atomic mass is 31.2. The van der Waals surface area contributed by atoms with E-state index in [0.717, 1.165) is 44.4 Å². The zero-order valence-electron chi connectivity index (χ0n) is 35.3. The van der Waals surface area contributed by atoms with Crippen molar-refractivity contribution in [3.8, 4) is 0 Å². The van der Waals surface area contributed by atoms with E-state index in [0.29, 0.717) is 25.7 Å². The summed E-state index contributed by atoms with van der Waals surface area (Å²) in [5.74, 6) is -0.185. The van der Waals surface area contributed by atoms with Gasteiger partial charge in [0.15, 0.2) is 6.10 Å². The summed E-state index contributed by atoms with van der Waals surface area (Å²) in [6, 6.07) is 0. The summed E-state index contributed by atoms with van der Waals surface area (Å²) >= 11 is 0. The van der Waals surface area contributed by atoms with Crippen LogP contribution in [0.3, 0.4) is 0 Å². The van der Waals surface area contributed by atoms with Crippen LogP contribution in [-0.4, -0.2) is 52.3 Å². The Hall–Kier alpha value is -2.55. The molecule has 0 aliphatic rings. The van der Waals surface area contributed by atoms with Crippen LogP contribution in [0.25, 0.3) is 0 Å². The highest BCUT2D eigenvalue weighted by Gasteiger charge is 2.22. The van der Waals surface area contributed by atoms with Crippen LogP contribution in [0.1, 0.15) is 175 Å². The number of ether oxygens (including phenoxy) is 2. The molecule has 0 aromatic carbocycles. The molecule has 322 valence electrons. The molecule has 10 heteroatoms. The monoisotopic (exact) mass is 807 g/mol. The van der Waals surface area contributed by atoms with Gasteiger partial charge in [-0.1, -0.05) is 190 Å². The number of unbranched alkanes of at least 4 members (excludes halogenated alkanes) is 14. The van der Waals surface area contributed by atoms with E-state index in [2.05, 4.69) is 43.5 Å². The Kier molecular flexibility index (Phi) is 37.5. The number of esters is 2. The molecule has 0 bridgehead atoms. The molecule has 0 aliphatic heterocycles. The second kappa shape index (κ2) is 39.3. The van der Waals surface area contributed by atoms with E-state index in [1.807, 2.05) is 48.6 Å². The molecule has 0 amide bonds. The van der Waals surface area contributed by atoms with Gasteiger partial charge in [-0.15, -0.1) is 0 Å². The molecule has 0 aromatic rings. The molecular weight excluding hydrogens is 727 g/mol. The van der Waals surface area contributed by atoms with E-state index < -0.39 is 38.6 Å². The predicted octanol–water partition coefficient (Wildman–Crippen LogP) is 12.3. The highest BCUT2D eigenvalue weighted by Crippen LogP contribution is 2.36. The van der Waals surface area contributed by atoms with Crippen molar-refractivity contribution < 1.29 is 43.0 Å². The minimum atomic E-state index is -4.79. The maximum atomic E-state index is 12.4. The van der Waals surface area contributed by atoms with Gasteiger partial charge in [0.2, 0.25) is 0 Å². The van der Waals surface area contributed by atoms with E-state index >= 15 is 0 Å². The fourth-order valence-electron chi connectivity index (χ4n) is 5.79. The summed E-state index contributed by atoms with van der Waals surface area (Å²) in [5, 5.41) is 9.97. The molecule has 0 saturated carbocycles. The maximum Gasteiger partial charge on any atom is 0.469 e. The third-order valence-corrected chi connectivity index (χ3v) is 9.50. The normalized spacial score (nSPS) is 13.8. The van der Waals surface area contributed by atoms with E-state index in [-0.39, 0.29) is 19.4 Å². The van der Waals surface area contributed by atoms with Crippen LogP contribution in [0.2, 0.25) is 0 Å². The summed E-state index contributed by atoms with van der Waals surface area (Å²) in [6.07, 6.45) is 46.7. The number of carbonyl (C=O) groups is 2. The van der Waals surface area contributed by atoms with Crippen molar-refractivity contribution in [1.29, 1.82) is 0 Å². The van der Waals surface area contributed by atoms with Crippen molar-refractivity contribution in [2.24, 2.45) is 5.92 Å². The molecule has 0 aliphatic carbocycles. The highest BCUT2D eigenvalue weighted by molar-refractivity contribution is 7.46. The van der Waals surface area contributed by atoms with Crippen LogP contribution in [0.15, 0.2) is 72.9 Å². The first-order valence-corrected chi connectivity index (χ1v) is 23.2. The number of allylic oxidation sites excluding steroid dienone is 10. The van der Waals surface area contributed by atoms with Gasteiger partial charge in [-0.2, -0.15) is 0 Å². The van der Waals surface area contributed by atoms with Crippen LogP contribution < -0.4 is 0 Å². The number of rotatable bonds is 38. The predicted molar refractivity (Wildman–Crippen MR) is 231 cm³/mol. The quantitative estimate of drug-likeness (QED) is 0.0183. The first-order valence-electron chi connectivity index (χ1n) is 21.7. The Morgan fingerprint density at radius 3 is 1.70 bits per heavy atom. The minimum Gasteiger partial charge on any atom is -0.462 e. The molecule has 0 aromatic heterocycles. The SMILES string of the molecule is CC/C=C\C/C=C\CC(O)/C=C/C=C\C/C=C\C/C=C\CCC(=O)OC[C@H](COP(=O)(O)O)OC(=O)CCCCCCCCCCCCCCCCCC(C)C. The van der Waals surface area contributed by atoms with Gasteiger partial charge in [0, 0.05) is 12.8 Å². The van der Waals surface area contributed by atoms with Gasteiger partial charge in [0.05, 0.1) is 12.7 Å². The summed E-state index contributed by atoms with van der Waals surface area (Å²) < 4.78 is 26.3. The minimum absolute atomic E-state index is 0.117. The molecule has 3 N–H and O–H groups in total. The van der Waals surface area contributed by atoms with E-state index in [1.54, 1.807) is 6.08 Å². The second-order valence-electron chi connectivity index (χ2n) is 15.0. The number of aliphatic hydroxyl groups excluding tert-OH is 1. The Balaban J connectivity index is 4.08. The lowest BCUT2D eigenvalue weighted by molar-refractivity contribution is -0.161. The Morgan fingerprint density at radius 2 is 1.12 bits per heavy atom. The Bertz CT molecular complexity index is 1170. The van der Waals surface area contributed by atoms with Gasteiger partial charge in [0.1, 0.15) is 6.61 Å². The molecule has 0 rings (SSSR count). The maximum absolute atomic E-state index is 12.4. The van der Waals surface area contributed by atoms with Crippen molar-refractivity contribution >= 4 is 19.8 Å². The Morgan fingerprint density at radius 1 is 0.607 bits per heavy atom. The first kappa shape index (κ1) is 53.5. The first-order chi connectivity index (χ1) is 27.0. The number of hydrogen-bond acceptors (Lipinski definition) is 7. The van der Waals surface area contributed by atoms with Crippen molar-refractivity contribution in [3.05, 3.63) is 72.9 Å². The Labute approximate surface area is 341 Å². The fourth-order valence-corrected chi connectivity index (χ4v) is 6.15. The van der Waals surface area contributed by atoms with Gasteiger partial charge >= 0.3 is 19.8 Å². The molecule has 0 fully saturated rings. The zero-order chi connectivity index (χ0) is 41.4. The van der Waals surface area contributed by atoms with Gasteiger partial charge < -0.3 is 24.4 Å². The largest absolute Gasteiger partial charge is 0.469 e. The van der Waals surface area contributed by atoms with Crippen LogP contribution in [0, 0.1) is 5.92 Å². The number of hydrogen-bond donors (Lipinski definition) is 3. The molecular formula is C46H79O9P. The number of phosphoric acid groups is 1. The molecule has 1 unspecified atom stereocenters. The van der Waals surface area contributed by atoms with Gasteiger partial charge in [-0.25, -0.2) is 4.57 Å². The van der Waals surface area contributed by atoms with Crippen molar-refractivity contribution in [3.63, 3.8) is 0 Å². The molecule has 9 nitrogen and oxygen atoms in total. The lowest BCUT2D eigenvalue weighted by atomic mass is 10.0. The van der Waals surface area contributed by atoms with Crippen molar-refractivity contribution in [2.75, 3.05) is 13.2 Å². The standard InChI is InChI=1S/C46H79O9P/c1-4-5-6-7-26-31-36-43(47)37-32-27-22-18-15-16-19-23-28-33-38-45(48)53-40-44(41-54-56(50,51)52)55-46(49)39-34-29-24-20-14-12-10-8-9-11-13-17-21-25-30-35-42(2)3/h5-6,15-16,22-23,26-28,31-32,37,42-44,47H,4,7-14,17-21,24-25,29-30,33-36,38-41H2,1-3H3,(H2,50,51,52)/b6-5-,16-15-,27-22-,28-23-,31-26-,37-32+/t43?,44-/m1/s1.